The van der Waals surface area contributed by atoms with Gasteiger partial charge in [-0.15, -0.1) is 0 Å². The number of nitrogens with one attached hydrogen (secondary N) is 1. The van der Waals surface area contributed by atoms with E-state index in [0.29, 0.717) is 28.7 Å². The third kappa shape index (κ3) is 4.09. The molecule has 138 valence electrons. The van der Waals surface area contributed by atoms with Crippen LogP contribution in [-0.2, 0) is 13.0 Å². The van der Waals surface area contributed by atoms with Crippen molar-refractivity contribution in [3.8, 4) is 11.5 Å². The summed E-state index contributed by atoms with van der Waals surface area (Å²) in [5.41, 5.74) is 5.17. The number of hydrogen-bond donors (Lipinski definition) is 2. The highest BCUT2D eigenvalue weighted by Crippen LogP contribution is 2.36. The molecule has 0 unspecified atom stereocenters. The predicted octanol–water partition coefficient (Wildman–Crippen LogP) is 2.39. The second kappa shape index (κ2) is 8.40. The molecule has 2 aromatic carbocycles. The lowest BCUT2D eigenvalue weighted by molar-refractivity contribution is 0.0953. The lowest BCUT2D eigenvalue weighted by atomic mass is 10.0. The van der Waals surface area contributed by atoms with Crippen LogP contribution < -0.4 is 20.7 Å². The van der Waals surface area contributed by atoms with Crippen molar-refractivity contribution in [3.63, 3.8) is 0 Å². The van der Waals surface area contributed by atoms with E-state index in [1.54, 1.807) is 6.07 Å². The van der Waals surface area contributed by atoms with Crippen LogP contribution in [0.25, 0.3) is 0 Å². The second-order valence-corrected chi connectivity index (χ2v) is 6.51. The molecule has 0 atom stereocenters. The summed E-state index contributed by atoms with van der Waals surface area (Å²) in [6.07, 6.45) is 1.04. The molecule has 0 bridgehead atoms. The first-order valence-corrected chi connectivity index (χ1v) is 8.80. The summed E-state index contributed by atoms with van der Waals surface area (Å²) in [5, 5.41) is 0.312. The number of benzene rings is 2. The zero-order valence-corrected chi connectivity index (χ0v) is 15.4. The molecule has 1 amide bonds. The molecule has 6 nitrogen and oxygen atoms in total. The Bertz CT molecular complexity index is 798. The van der Waals surface area contributed by atoms with Crippen molar-refractivity contribution in [3.05, 3.63) is 58.1 Å². The van der Waals surface area contributed by atoms with E-state index in [2.05, 4.69) is 34.6 Å². The Balaban J connectivity index is 1.62. The van der Waals surface area contributed by atoms with Gasteiger partial charge < -0.3 is 9.47 Å². The first kappa shape index (κ1) is 18.5. The van der Waals surface area contributed by atoms with E-state index >= 15 is 0 Å². The summed E-state index contributed by atoms with van der Waals surface area (Å²) in [4.78, 5) is 14.0. The van der Waals surface area contributed by atoms with Crippen molar-refractivity contribution >= 4 is 17.5 Å². The van der Waals surface area contributed by atoms with Crippen molar-refractivity contribution in [2.45, 2.75) is 13.0 Å². The monoisotopic (exact) mass is 375 g/mol. The van der Waals surface area contributed by atoms with Gasteiger partial charge in [-0.05, 0) is 29.7 Å². The van der Waals surface area contributed by atoms with Crippen molar-refractivity contribution in [2.24, 2.45) is 5.84 Å². The van der Waals surface area contributed by atoms with Gasteiger partial charge in [-0.1, -0.05) is 35.9 Å². The molecule has 0 saturated heterocycles. The highest BCUT2D eigenvalue weighted by atomic mass is 35.5. The highest BCUT2D eigenvalue weighted by molar-refractivity contribution is 6.32. The molecule has 0 saturated carbocycles. The van der Waals surface area contributed by atoms with Crippen LogP contribution in [-0.4, -0.2) is 37.6 Å². The second-order valence-electron chi connectivity index (χ2n) is 6.11. The Morgan fingerprint density at radius 3 is 2.81 bits per heavy atom. The Labute approximate surface area is 157 Å². The number of methoxy groups -OCH3 is 1. The number of carbonyl (C=O) groups excluding carboxylic acids is 1. The van der Waals surface area contributed by atoms with Crippen molar-refractivity contribution in [1.82, 2.24) is 10.3 Å². The molecule has 1 aliphatic heterocycles. The number of amides is 1. The van der Waals surface area contributed by atoms with E-state index < -0.39 is 5.91 Å². The number of nitrogens with two attached hydrogens (primary N) is 1. The minimum Gasteiger partial charge on any atom is -0.493 e. The van der Waals surface area contributed by atoms with Gasteiger partial charge in [0.1, 0.15) is 6.61 Å². The van der Waals surface area contributed by atoms with Gasteiger partial charge in [0.2, 0.25) is 0 Å². The predicted molar refractivity (Wildman–Crippen MR) is 101 cm³/mol. The molecule has 3 rings (SSSR count). The number of fused-ring (bicyclic) bond motifs is 1. The molecule has 3 N–H and O–H groups in total. The van der Waals surface area contributed by atoms with Gasteiger partial charge in [0.25, 0.3) is 5.91 Å². The Morgan fingerprint density at radius 2 is 2.08 bits per heavy atom. The summed E-state index contributed by atoms with van der Waals surface area (Å²) in [5.74, 6) is 5.55. The largest absolute Gasteiger partial charge is 0.493 e. The van der Waals surface area contributed by atoms with Crippen molar-refractivity contribution < 1.29 is 14.3 Å². The van der Waals surface area contributed by atoms with E-state index in [1.807, 2.05) is 0 Å². The summed E-state index contributed by atoms with van der Waals surface area (Å²) in [6, 6.07) is 11.6. The van der Waals surface area contributed by atoms with E-state index in [1.165, 1.54) is 24.3 Å². The number of ether oxygens (including phenoxy) is 2. The quantitative estimate of drug-likeness (QED) is 0.460. The topological polar surface area (TPSA) is 76.8 Å². The minimum atomic E-state index is -0.441. The first-order valence-electron chi connectivity index (χ1n) is 8.42. The number of hydrogen-bond acceptors (Lipinski definition) is 5. The number of hydrazine groups is 1. The molecule has 0 spiro atoms. The zero-order chi connectivity index (χ0) is 18.5. The Morgan fingerprint density at radius 1 is 1.31 bits per heavy atom. The highest BCUT2D eigenvalue weighted by Gasteiger charge is 2.18. The van der Waals surface area contributed by atoms with Gasteiger partial charge in [0.05, 0.1) is 12.1 Å². The molecule has 0 aromatic heterocycles. The fourth-order valence-electron chi connectivity index (χ4n) is 3.10. The molecule has 1 aliphatic rings. The molecule has 1 heterocycles. The molecule has 7 heteroatoms. The Hall–Kier alpha value is -2.28. The number of rotatable bonds is 6. The number of halogens is 1. The third-order valence-electron chi connectivity index (χ3n) is 4.49. The number of carbonyl (C=O) groups is 1. The van der Waals surface area contributed by atoms with E-state index in [0.717, 1.165) is 26.1 Å². The summed E-state index contributed by atoms with van der Waals surface area (Å²) in [7, 11) is 1.50. The van der Waals surface area contributed by atoms with Crippen LogP contribution in [0.15, 0.2) is 36.4 Å². The van der Waals surface area contributed by atoms with Gasteiger partial charge >= 0.3 is 0 Å². The summed E-state index contributed by atoms with van der Waals surface area (Å²) in [6.45, 7) is 3.17. The van der Waals surface area contributed by atoms with Crippen LogP contribution in [0.2, 0.25) is 5.02 Å². The first-order chi connectivity index (χ1) is 12.6. The fraction of sp³-hybridized carbons (Fsp3) is 0.316. The van der Waals surface area contributed by atoms with Gasteiger partial charge in [-0.3, -0.25) is 15.1 Å². The van der Waals surface area contributed by atoms with E-state index in [-0.39, 0.29) is 0 Å². The van der Waals surface area contributed by atoms with Gasteiger partial charge in [0.15, 0.2) is 11.5 Å². The third-order valence-corrected chi connectivity index (χ3v) is 4.77. The number of nitrogens with zero attached hydrogens (tertiary/aromatic N) is 1. The smallest absolute Gasteiger partial charge is 0.265 e. The van der Waals surface area contributed by atoms with Crippen LogP contribution in [0, 0.1) is 0 Å². The SMILES string of the molecule is COc1cc(C(=O)NN)cc(Cl)c1OCCN1CCc2ccccc2C1. The van der Waals surface area contributed by atoms with Crippen molar-refractivity contribution in [1.29, 1.82) is 0 Å². The molecular weight excluding hydrogens is 354 g/mol. The maximum Gasteiger partial charge on any atom is 0.265 e. The summed E-state index contributed by atoms with van der Waals surface area (Å²) < 4.78 is 11.2. The maximum atomic E-state index is 11.7. The Kier molecular flexibility index (Phi) is 5.98. The van der Waals surface area contributed by atoms with Gasteiger partial charge in [-0.25, -0.2) is 5.84 Å². The average Bonchev–Trinajstić information content (AvgIpc) is 2.68. The van der Waals surface area contributed by atoms with E-state index in [4.69, 9.17) is 26.9 Å². The van der Waals surface area contributed by atoms with Crippen molar-refractivity contribution in [2.75, 3.05) is 26.8 Å². The molecule has 26 heavy (non-hydrogen) atoms. The average molecular weight is 376 g/mol. The van der Waals surface area contributed by atoms with Crippen LogP contribution >= 0.6 is 11.6 Å². The minimum absolute atomic E-state index is 0.312. The lowest BCUT2D eigenvalue weighted by Crippen LogP contribution is -2.33. The molecule has 2 aromatic rings. The van der Waals surface area contributed by atoms with Crippen LogP contribution in [0.3, 0.4) is 0 Å². The fourth-order valence-corrected chi connectivity index (χ4v) is 3.36. The molecule has 0 radical (unpaired) electrons. The van der Waals surface area contributed by atoms with E-state index in [9.17, 15) is 4.79 Å². The van der Waals surface area contributed by atoms with Crippen LogP contribution in [0.5, 0.6) is 11.5 Å². The van der Waals surface area contributed by atoms with Crippen LogP contribution in [0.4, 0.5) is 0 Å². The van der Waals surface area contributed by atoms with Crippen LogP contribution in [0.1, 0.15) is 21.5 Å². The normalized spacial score (nSPS) is 13.8. The van der Waals surface area contributed by atoms with Gasteiger partial charge in [0, 0.05) is 25.2 Å². The zero-order valence-electron chi connectivity index (χ0n) is 14.6. The standard InChI is InChI=1S/C19H22ClN3O3/c1-25-17-11-15(19(24)22-21)10-16(20)18(17)26-9-8-23-7-6-13-4-2-3-5-14(13)12-23/h2-5,10-11H,6-9,12,21H2,1H3,(H,22,24). The summed E-state index contributed by atoms with van der Waals surface area (Å²) >= 11 is 6.26. The number of nitrogen functional groups attached to an aromatic ring is 1. The van der Waals surface area contributed by atoms with Gasteiger partial charge in [-0.2, -0.15) is 0 Å². The molecule has 0 fully saturated rings. The molecule has 0 aliphatic carbocycles. The lowest BCUT2D eigenvalue weighted by Gasteiger charge is -2.28. The maximum absolute atomic E-state index is 11.7. The molecular formula is C19H22ClN3O3.